The van der Waals surface area contributed by atoms with Gasteiger partial charge in [-0.2, -0.15) is 13.2 Å². The summed E-state index contributed by atoms with van der Waals surface area (Å²) in [5, 5.41) is 12.5. The van der Waals surface area contributed by atoms with Gasteiger partial charge in [-0.15, -0.1) is 0 Å². The minimum absolute atomic E-state index is 0.0739. The van der Waals surface area contributed by atoms with Crippen LogP contribution in [0.15, 0.2) is 0 Å². The summed E-state index contributed by atoms with van der Waals surface area (Å²) in [5.74, 6) is 0.0739. The third kappa shape index (κ3) is 5.01. The Labute approximate surface area is 128 Å². The Morgan fingerprint density at radius 2 is 2.05 bits per heavy atom. The Kier molecular flexibility index (Phi) is 5.55. The lowest BCUT2D eigenvalue weighted by molar-refractivity contribution is -0.143. The van der Waals surface area contributed by atoms with Gasteiger partial charge in [-0.3, -0.25) is 4.90 Å². The molecule has 2 N–H and O–H groups in total. The molecule has 3 unspecified atom stereocenters. The molecule has 2 saturated heterocycles. The van der Waals surface area contributed by atoms with Crippen molar-refractivity contribution in [2.45, 2.75) is 44.5 Å². The van der Waals surface area contributed by atoms with Crippen LogP contribution in [-0.4, -0.2) is 72.0 Å². The fourth-order valence-electron chi connectivity index (χ4n) is 3.20. The molecule has 5 nitrogen and oxygen atoms in total. The van der Waals surface area contributed by atoms with Crippen LogP contribution in [0.4, 0.5) is 18.0 Å². The van der Waals surface area contributed by atoms with Crippen LogP contribution < -0.4 is 5.32 Å². The summed E-state index contributed by atoms with van der Waals surface area (Å²) in [6, 6.07) is -0.467. The molecule has 8 heteroatoms. The number of rotatable bonds is 3. The second kappa shape index (κ2) is 7.04. The molecule has 2 rings (SSSR count). The second-order valence-corrected chi connectivity index (χ2v) is 6.37. The van der Waals surface area contributed by atoms with Crippen LogP contribution in [0.1, 0.15) is 26.2 Å². The van der Waals surface area contributed by atoms with Crippen molar-refractivity contribution in [3.05, 3.63) is 0 Å². The first-order chi connectivity index (χ1) is 10.2. The van der Waals surface area contributed by atoms with Crippen molar-refractivity contribution in [1.82, 2.24) is 15.1 Å². The lowest BCUT2D eigenvalue weighted by atomic mass is 9.94. The number of aliphatic hydroxyl groups is 1. The van der Waals surface area contributed by atoms with Crippen LogP contribution >= 0.6 is 0 Å². The molecule has 0 spiro atoms. The molecule has 2 aliphatic heterocycles. The molecule has 0 saturated carbocycles. The molecule has 2 heterocycles. The highest BCUT2D eigenvalue weighted by Gasteiger charge is 2.35. The molecule has 2 fully saturated rings. The minimum atomic E-state index is -4.20. The van der Waals surface area contributed by atoms with Crippen molar-refractivity contribution in [3.63, 3.8) is 0 Å². The standard InChI is InChI=1S/C14H24F3N3O2/c1-10(21)11-3-2-5-20(7-11)13(22)18-12-4-6-19(8-12)9-14(15,16)17/h10-12,21H,2-9H2,1H3,(H,18,22). The number of carbonyl (C=O) groups excluding carboxylic acids is 1. The van der Waals surface area contributed by atoms with Gasteiger partial charge in [-0.05, 0) is 26.2 Å². The molecule has 0 aromatic carbocycles. The average molecular weight is 323 g/mol. The smallest absolute Gasteiger partial charge is 0.393 e. The summed E-state index contributed by atoms with van der Waals surface area (Å²) in [7, 11) is 0. The van der Waals surface area contributed by atoms with Crippen LogP contribution in [0.2, 0.25) is 0 Å². The Balaban J connectivity index is 1.78. The van der Waals surface area contributed by atoms with Crippen molar-refractivity contribution in [2.75, 3.05) is 32.7 Å². The number of halogens is 3. The predicted octanol–water partition coefficient (Wildman–Crippen LogP) is 1.43. The fourth-order valence-corrected chi connectivity index (χ4v) is 3.20. The van der Waals surface area contributed by atoms with Crippen molar-refractivity contribution in [1.29, 1.82) is 0 Å². The Morgan fingerprint density at radius 1 is 1.32 bits per heavy atom. The van der Waals surface area contributed by atoms with E-state index in [0.717, 1.165) is 12.8 Å². The first-order valence-corrected chi connectivity index (χ1v) is 7.77. The number of amides is 2. The second-order valence-electron chi connectivity index (χ2n) is 6.37. The van der Waals surface area contributed by atoms with Gasteiger partial charge in [0.25, 0.3) is 0 Å². The number of carbonyl (C=O) groups is 1. The fraction of sp³-hybridized carbons (Fsp3) is 0.929. The van der Waals surface area contributed by atoms with Crippen LogP contribution in [0, 0.1) is 5.92 Å². The summed E-state index contributed by atoms with van der Waals surface area (Å²) in [6.45, 7) is 2.52. The maximum absolute atomic E-state index is 12.3. The maximum atomic E-state index is 12.3. The lowest BCUT2D eigenvalue weighted by Crippen LogP contribution is -2.50. The quantitative estimate of drug-likeness (QED) is 0.826. The molecule has 0 aliphatic carbocycles. The Hall–Kier alpha value is -1.02. The largest absolute Gasteiger partial charge is 0.401 e. The lowest BCUT2D eigenvalue weighted by Gasteiger charge is -2.34. The molecule has 0 aromatic heterocycles. The van der Waals surface area contributed by atoms with Crippen molar-refractivity contribution in [3.8, 4) is 0 Å². The number of hydrogen-bond donors (Lipinski definition) is 2. The predicted molar refractivity (Wildman–Crippen MR) is 75.4 cm³/mol. The van der Waals surface area contributed by atoms with Gasteiger partial charge in [-0.1, -0.05) is 0 Å². The summed E-state index contributed by atoms with van der Waals surface area (Å²) < 4.78 is 37.0. The van der Waals surface area contributed by atoms with Crippen LogP contribution in [-0.2, 0) is 0 Å². The van der Waals surface area contributed by atoms with Gasteiger partial charge in [0.1, 0.15) is 0 Å². The molecule has 22 heavy (non-hydrogen) atoms. The topological polar surface area (TPSA) is 55.8 Å². The average Bonchev–Trinajstić information content (AvgIpc) is 2.83. The number of likely N-dealkylation sites (tertiary alicyclic amines) is 2. The molecule has 3 atom stereocenters. The zero-order valence-corrected chi connectivity index (χ0v) is 12.8. The van der Waals surface area contributed by atoms with E-state index in [1.807, 2.05) is 0 Å². The number of nitrogens with one attached hydrogen (secondary N) is 1. The number of nitrogens with zero attached hydrogens (tertiary/aromatic N) is 2. The summed E-state index contributed by atoms with van der Waals surface area (Å²) in [4.78, 5) is 15.2. The number of hydrogen-bond acceptors (Lipinski definition) is 3. The Morgan fingerprint density at radius 3 is 2.68 bits per heavy atom. The zero-order chi connectivity index (χ0) is 16.3. The van der Waals surface area contributed by atoms with Gasteiger partial charge in [0, 0.05) is 38.1 Å². The molecule has 0 aromatic rings. The molecule has 0 radical (unpaired) electrons. The maximum Gasteiger partial charge on any atom is 0.401 e. The van der Waals surface area contributed by atoms with Crippen molar-refractivity contribution in [2.24, 2.45) is 5.92 Å². The SMILES string of the molecule is CC(O)C1CCCN(C(=O)NC2CCN(CC(F)(F)F)C2)C1. The normalized spacial score (nSPS) is 28.7. The summed E-state index contributed by atoms with van der Waals surface area (Å²) in [5.41, 5.74) is 0. The zero-order valence-electron chi connectivity index (χ0n) is 12.8. The molecule has 128 valence electrons. The molecule has 0 bridgehead atoms. The molecule has 2 amide bonds. The third-order valence-corrected chi connectivity index (χ3v) is 4.43. The highest BCUT2D eigenvalue weighted by atomic mass is 19.4. The van der Waals surface area contributed by atoms with Gasteiger partial charge in [0.15, 0.2) is 0 Å². The van der Waals surface area contributed by atoms with E-state index in [4.69, 9.17) is 0 Å². The van der Waals surface area contributed by atoms with Crippen molar-refractivity contribution >= 4 is 6.03 Å². The van der Waals surface area contributed by atoms with Gasteiger partial charge in [0.05, 0.1) is 12.6 Å². The van der Waals surface area contributed by atoms with E-state index in [0.29, 0.717) is 26.1 Å². The van der Waals surface area contributed by atoms with Crippen LogP contribution in [0.3, 0.4) is 0 Å². The van der Waals surface area contributed by atoms with E-state index in [1.165, 1.54) is 4.90 Å². The molecular formula is C14H24F3N3O2. The number of piperidine rings is 1. The van der Waals surface area contributed by atoms with Crippen LogP contribution in [0.5, 0.6) is 0 Å². The van der Waals surface area contributed by atoms with Gasteiger partial charge < -0.3 is 15.3 Å². The first kappa shape index (κ1) is 17.3. The highest BCUT2D eigenvalue weighted by Crippen LogP contribution is 2.22. The number of aliphatic hydroxyl groups excluding tert-OH is 1. The third-order valence-electron chi connectivity index (χ3n) is 4.43. The number of alkyl halides is 3. The van der Waals surface area contributed by atoms with E-state index in [9.17, 15) is 23.1 Å². The van der Waals surface area contributed by atoms with Gasteiger partial charge in [-0.25, -0.2) is 4.79 Å². The van der Waals surface area contributed by atoms with Crippen molar-refractivity contribution < 1.29 is 23.1 Å². The van der Waals surface area contributed by atoms with E-state index in [1.54, 1.807) is 11.8 Å². The first-order valence-electron chi connectivity index (χ1n) is 7.77. The summed E-state index contributed by atoms with van der Waals surface area (Å²) >= 11 is 0. The number of urea groups is 1. The summed E-state index contributed by atoms with van der Waals surface area (Å²) in [6.07, 6.45) is -2.38. The van der Waals surface area contributed by atoms with Crippen LogP contribution in [0.25, 0.3) is 0 Å². The van der Waals surface area contributed by atoms with E-state index < -0.39 is 18.8 Å². The molecular weight excluding hydrogens is 299 g/mol. The van der Waals surface area contributed by atoms with Gasteiger partial charge in [0.2, 0.25) is 0 Å². The van der Waals surface area contributed by atoms with E-state index >= 15 is 0 Å². The minimum Gasteiger partial charge on any atom is -0.393 e. The molecule has 2 aliphatic rings. The van der Waals surface area contributed by atoms with E-state index in [-0.39, 0.29) is 24.5 Å². The Bertz CT molecular complexity index is 390. The van der Waals surface area contributed by atoms with E-state index in [2.05, 4.69) is 5.32 Å². The monoisotopic (exact) mass is 323 g/mol. The van der Waals surface area contributed by atoms with Gasteiger partial charge >= 0.3 is 12.2 Å². The highest BCUT2D eigenvalue weighted by molar-refractivity contribution is 5.74.